The van der Waals surface area contributed by atoms with E-state index in [0.29, 0.717) is 45.6 Å². The van der Waals surface area contributed by atoms with Crippen LogP contribution < -0.4 is 21.6 Å². The van der Waals surface area contributed by atoms with Crippen molar-refractivity contribution in [3.63, 3.8) is 0 Å². The lowest BCUT2D eigenvalue weighted by Gasteiger charge is -2.07. The minimum atomic E-state index is -0.217. The van der Waals surface area contributed by atoms with E-state index in [2.05, 4.69) is 18.7 Å². The first-order valence-corrected chi connectivity index (χ1v) is 9.54. The van der Waals surface area contributed by atoms with Gasteiger partial charge in [0, 0.05) is 24.8 Å². The molecule has 3 rings (SSSR count). The Labute approximate surface area is 160 Å². The third kappa shape index (κ3) is 4.00. The fourth-order valence-corrected chi connectivity index (χ4v) is 3.49. The standard InChI is InChI=1S/C18H24N6O2S/c1-23(2)9-7-19-11-5-6-12(20-8-10-24(3)4)14-13(11)17(25)15-16(18(14)26)22-27-21-15/h5-6,21-22H,7-10H2,1-4H3. The van der Waals surface area contributed by atoms with Crippen LogP contribution in [0.25, 0.3) is 21.8 Å². The summed E-state index contributed by atoms with van der Waals surface area (Å²) in [6, 6.07) is 3.57. The van der Waals surface area contributed by atoms with E-state index in [9.17, 15) is 9.59 Å². The highest BCUT2D eigenvalue weighted by Crippen LogP contribution is 2.06. The first-order chi connectivity index (χ1) is 12.9. The zero-order valence-electron chi connectivity index (χ0n) is 16.0. The fourth-order valence-electron chi connectivity index (χ4n) is 2.84. The lowest BCUT2D eigenvalue weighted by atomic mass is 10.1. The van der Waals surface area contributed by atoms with Gasteiger partial charge in [-0.1, -0.05) is 0 Å². The molecule has 0 saturated heterocycles. The molecule has 1 heterocycles. The van der Waals surface area contributed by atoms with Crippen LogP contribution in [0.2, 0.25) is 0 Å². The lowest BCUT2D eigenvalue weighted by Crippen LogP contribution is -2.28. The number of hydrogen-bond acceptors (Lipinski definition) is 7. The third-order valence-corrected chi connectivity index (χ3v) is 4.90. The predicted octanol–water partition coefficient (Wildman–Crippen LogP) is -0.206. The number of nitrogens with zero attached hydrogens (tertiary/aromatic N) is 4. The van der Waals surface area contributed by atoms with Gasteiger partial charge in [0.15, 0.2) is 0 Å². The molecule has 1 aromatic heterocycles. The Balaban J connectivity index is 2.33. The summed E-state index contributed by atoms with van der Waals surface area (Å²) in [5.41, 5.74) is 0.162. The van der Waals surface area contributed by atoms with Crippen LogP contribution in [-0.4, -0.2) is 72.9 Å². The molecule has 144 valence electrons. The SMILES string of the molecule is CN(C)CCN=c1ccc(=NCCN(C)C)c2c(=O)c3[nH]s[nH]c3c(=O)c12. The second-order valence-corrected chi connectivity index (χ2v) is 7.55. The van der Waals surface area contributed by atoms with Crippen molar-refractivity contribution in [2.75, 3.05) is 54.4 Å². The van der Waals surface area contributed by atoms with Gasteiger partial charge in [0.05, 0.1) is 34.6 Å². The van der Waals surface area contributed by atoms with Crippen LogP contribution in [0.5, 0.6) is 0 Å². The topological polar surface area (TPSA) is 96.9 Å². The minimum Gasteiger partial charge on any atom is -0.308 e. The molecule has 0 bridgehead atoms. The van der Waals surface area contributed by atoms with Gasteiger partial charge in [-0.3, -0.25) is 28.3 Å². The Morgan fingerprint density at radius 3 is 1.59 bits per heavy atom. The molecule has 0 fully saturated rings. The van der Waals surface area contributed by atoms with E-state index in [1.165, 1.54) is 0 Å². The van der Waals surface area contributed by atoms with Crippen molar-refractivity contribution < 1.29 is 0 Å². The molecule has 0 aliphatic heterocycles. The smallest absolute Gasteiger partial charge is 0.215 e. The zero-order valence-corrected chi connectivity index (χ0v) is 16.8. The molecule has 0 aliphatic rings. The predicted molar refractivity (Wildman–Crippen MR) is 110 cm³/mol. The van der Waals surface area contributed by atoms with E-state index in [-0.39, 0.29) is 10.9 Å². The number of hydrogen-bond donors (Lipinski definition) is 2. The Hall–Kier alpha value is -2.36. The molecule has 0 unspecified atom stereocenters. The Morgan fingerprint density at radius 1 is 0.815 bits per heavy atom. The van der Waals surface area contributed by atoms with Crippen molar-refractivity contribution in [2.24, 2.45) is 9.98 Å². The summed E-state index contributed by atoms with van der Waals surface area (Å²) >= 11 is 1.12. The quantitative estimate of drug-likeness (QED) is 0.611. The number of rotatable bonds is 6. The number of nitrogens with one attached hydrogen (secondary N) is 2. The number of benzene rings is 2. The number of likely N-dealkylation sites (N-methyl/N-ethyl adjacent to an activating group) is 2. The van der Waals surface area contributed by atoms with E-state index in [4.69, 9.17) is 0 Å². The van der Waals surface area contributed by atoms with E-state index < -0.39 is 0 Å². The molecule has 0 amide bonds. The second kappa shape index (κ2) is 8.12. The van der Waals surface area contributed by atoms with Gasteiger partial charge < -0.3 is 9.80 Å². The molecule has 27 heavy (non-hydrogen) atoms. The molecule has 2 aromatic carbocycles. The van der Waals surface area contributed by atoms with Crippen molar-refractivity contribution in [3.05, 3.63) is 43.3 Å². The monoisotopic (exact) mass is 388 g/mol. The average Bonchev–Trinajstić information content (AvgIpc) is 3.10. The zero-order chi connectivity index (χ0) is 19.6. The van der Waals surface area contributed by atoms with Crippen molar-refractivity contribution in [1.82, 2.24) is 18.5 Å². The first-order valence-electron chi connectivity index (χ1n) is 8.73. The summed E-state index contributed by atoms with van der Waals surface area (Å²) < 4.78 is 5.77. The van der Waals surface area contributed by atoms with Gasteiger partial charge in [-0.05, 0) is 40.3 Å². The van der Waals surface area contributed by atoms with Crippen LogP contribution in [0.3, 0.4) is 0 Å². The molecule has 9 heteroatoms. The third-order valence-electron chi connectivity index (χ3n) is 4.28. The Kier molecular flexibility index (Phi) is 5.83. The largest absolute Gasteiger partial charge is 0.308 e. The summed E-state index contributed by atoms with van der Waals surface area (Å²) in [6.45, 7) is 2.61. The Morgan fingerprint density at radius 2 is 1.22 bits per heavy atom. The molecule has 0 saturated carbocycles. The van der Waals surface area contributed by atoms with Crippen molar-refractivity contribution in [2.45, 2.75) is 0 Å². The van der Waals surface area contributed by atoms with Gasteiger partial charge in [0.25, 0.3) is 0 Å². The van der Waals surface area contributed by atoms with Crippen molar-refractivity contribution in [3.8, 4) is 0 Å². The van der Waals surface area contributed by atoms with E-state index >= 15 is 0 Å². The molecule has 0 spiro atoms. The highest BCUT2D eigenvalue weighted by molar-refractivity contribution is 7.00. The van der Waals surface area contributed by atoms with Crippen LogP contribution >= 0.6 is 11.7 Å². The summed E-state index contributed by atoms with van der Waals surface area (Å²) in [4.78, 5) is 39.3. The van der Waals surface area contributed by atoms with Crippen molar-refractivity contribution in [1.29, 1.82) is 0 Å². The fraction of sp³-hybridized carbons (Fsp3) is 0.444. The summed E-state index contributed by atoms with van der Waals surface area (Å²) in [6.07, 6.45) is 0. The maximum Gasteiger partial charge on any atom is 0.215 e. The molecule has 8 nitrogen and oxygen atoms in total. The molecule has 3 aromatic rings. The maximum absolute atomic E-state index is 13.0. The molecule has 2 N–H and O–H groups in total. The van der Waals surface area contributed by atoms with E-state index in [0.717, 1.165) is 24.8 Å². The maximum atomic E-state index is 13.0. The van der Waals surface area contributed by atoms with Gasteiger partial charge in [-0.2, -0.15) is 0 Å². The minimum absolute atomic E-state index is 0.217. The van der Waals surface area contributed by atoms with E-state index in [1.54, 1.807) is 12.1 Å². The highest BCUT2D eigenvalue weighted by Gasteiger charge is 2.15. The summed E-state index contributed by atoms with van der Waals surface area (Å²) in [5.74, 6) is 0. The van der Waals surface area contributed by atoms with Crippen LogP contribution in [0, 0.1) is 0 Å². The van der Waals surface area contributed by atoms with Crippen LogP contribution in [0.15, 0.2) is 31.7 Å². The van der Waals surface area contributed by atoms with Gasteiger partial charge in [-0.15, -0.1) is 0 Å². The summed E-state index contributed by atoms with van der Waals surface area (Å²) in [7, 11) is 7.87. The Bertz CT molecular complexity index is 1100. The number of aromatic amines is 2. The van der Waals surface area contributed by atoms with Gasteiger partial charge >= 0.3 is 0 Å². The van der Waals surface area contributed by atoms with Gasteiger partial charge in [0.1, 0.15) is 11.0 Å². The second-order valence-electron chi connectivity index (χ2n) is 6.94. The number of H-pyrrole nitrogens is 2. The van der Waals surface area contributed by atoms with Crippen LogP contribution in [-0.2, 0) is 0 Å². The molecule has 0 radical (unpaired) electrons. The molecule has 0 aliphatic carbocycles. The van der Waals surface area contributed by atoms with Crippen LogP contribution in [0.1, 0.15) is 0 Å². The molecular weight excluding hydrogens is 364 g/mol. The number of aromatic nitrogens is 2. The van der Waals surface area contributed by atoms with E-state index in [1.807, 2.05) is 38.0 Å². The average molecular weight is 388 g/mol. The first kappa shape index (κ1) is 19.4. The molecule has 0 atom stereocenters. The van der Waals surface area contributed by atoms with Crippen LogP contribution in [0.4, 0.5) is 0 Å². The van der Waals surface area contributed by atoms with Crippen molar-refractivity contribution >= 4 is 33.5 Å². The number of fused-ring (bicyclic) bond motifs is 2. The van der Waals surface area contributed by atoms with Gasteiger partial charge in [0.2, 0.25) is 10.9 Å². The van der Waals surface area contributed by atoms with Gasteiger partial charge in [-0.25, -0.2) is 0 Å². The normalized spacial score (nSPS) is 13.7. The summed E-state index contributed by atoms with van der Waals surface area (Å²) in [5, 5.41) is 1.78. The lowest BCUT2D eigenvalue weighted by molar-refractivity contribution is 0.419. The molecular formula is C18H24N6O2S. The highest BCUT2D eigenvalue weighted by atomic mass is 32.1.